The zero-order chi connectivity index (χ0) is 17.0. The predicted molar refractivity (Wildman–Crippen MR) is 109 cm³/mol. The maximum absolute atomic E-state index is 3.16. The van der Waals surface area contributed by atoms with Crippen molar-refractivity contribution in [1.82, 2.24) is 20.9 Å². The molecular weight excluding hydrogens is 291 g/mol. The molecule has 4 rings (SSSR count). The SMILES string of the molecule is [B]1C=CC=CN1.[B]1C=CC=CN1.[B]1C=CC=CN1.[B]1CCCCN1. The molecule has 4 aliphatic heterocycles. The Morgan fingerprint density at radius 1 is 0.583 bits per heavy atom. The molecule has 0 saturated carbocycles. The molecule has 4 radical (unpaired) electrons. The molecule has 4 aliphatic rings. The minimum absolute atomic E-state index is 1.19. The average molecular weight is 316 g/mol. The van der Waals surface area contributed by atoms with E-state index in [2.05, 4.69) is 28.3 Å². The first-order valence-corrected chi connectivity index (χ1v) is 8.28. The van der Waals surface area contributed by atoms with E-state index in [-0.39, 0.29) is 0 Å². The number of nitrogens with one attached hydrogen (secondary N) is 4. The van der Waals surface area contributed by atoms with E-state index in [1.165, 1.54) is 25.7 Å². The van der Waals surface area contributed by atoms with Gasteiger partial charge in [-0.15, -0.1) is 0 Å². The summed E-state index contributed by atoms with van der Waals surface area (Å²) in [5.41, 5.74) is 0. The second-order valence-electron chi connectivity index (χ2n) is 4.89. The molecule has 8 heteroatoms. The molecule has 4 heterocycles. The van der Waals surface area contributed by atoms with Gasteiger partial charge in [0.1, 0.15) is 0 Å². The zero-order valence-corrected chi connectivity index (χ0v) is 14.1. The molecule has 1 fully saturated rings. The van der Waals surface area contributed by atoms with Gasteiger partial charge in [-0.2, -0.15) is 0 Å². The van der Waals surface area contributed by atoms with Gasteiger partial charge in [-0.25, -0.2) is 0 Å². The number of rotatable bonds is 0. The van der Waals surface area contributed by atoms with Crippen LogP contribution in [-0.2, 0) is 0 Å². The highest BCUT2D eigenvalue weighted by atomic mass is 14.7. The smallest absolute Gasteiger partial charge is 0.273 e. The maximum Gasteiger partial charge on any atom is 0.273 e. The maximum atomic E-state index is 3.16. The van der Waals surface area contributed by atoms with Gasteiger partial charge in [0.25, 0.3) is 22.2 Å². The molecule has 0 aliphatic carbocycles. The van der Waals surface area contributed by atoms with Crippen LogP contribution in [0.2, 0.25) is 6.32 Å². The first-order valence-electron chi connectivity index (χ1n) is 8.28. The highest BCUT2D eigenvalue weighted by Crippen LogP contribution is 1.96. The summed E-state index contributed by atoms with van der Waals surface area (Å²) in [7, 11) is 7.77. The van der Waals surface area contributed by atoms with E-state index in [1.54, 1.807) is 0 Å². The largest absolute Gasteiger partial charge is 0.434 e. The number of allylic oxidation sites excluding steroid dienone is 6. The van der Waals surface area contributed by atoms with E-state index < -0.39 is 0 Å². The van der Waals surface area contributed by atoms with Gasteiger partial charge in [-0.05, 0) is 49.8 Å². The summed E-state index contributed by atoms with van der Waals surface area (Å²) in [4.78, 5) is 0. The molecule has 0 amide bonds. The molecule has 24 heavy (non-hydrogen) atoms. The summed E-state index contributed by atoms with van der Waals surface area (Å²) in [6.45, 7) is 1.19. The zero-order valence-electron chi connectivity index (χ0n) is 14.1. The third-order valence-corrected chi connectivity index (χ3v) is 2.89. The van der Waals surface area contributed by atoms with E-state index in [9.17, 15) is 0 Å². The summed E-state index contributed by atoms with van der Waals surface area (Å²) in [5.74, 6) is 5.83. The topological polar surface area (TPSA) is 48.1 Å². The summed E-state index contributed by atoms with van der Waals surface area (Å²) >= 11 is 0. The van der Waals surface area contributed by atoms with Crippen LogP contribution >= 0.6 is 0 Å². The molecule has 0 aromatic rings. The fraction of sp³-hybridized carbons (Fsp3) is 0.250. The van der Waals surface area contributed by atoms with E-state index >= 15 is 0 Å². The molecule has 4 N–H and O–H groups in total. The van der Waals surface area contributed by atoms with Crippen LogP contribution in [0.4, 0.5) is 0 Å². The molecular formula is C16H24B4N4. The van der Waals surface area contributed by atoms with Crippen LogP contribution in [0.3, 0.4) is 0 Å². The molecule has 0 atom stereocenters. The fourth-order valence-corrected chi connectivity index (χ4v) is 1.70. The van der Waals surface area contributed by atoms with Gasteiger partial charge in [0.15, 0.2) is 0 Å². The lowest BCUT2D eigenvalue weighted by Gasteiger charge is -2.07. The molecule has 0 bridgehead atoms. The Labute approximate surface area is 149 Å². The van der Waals surface area contributed by atoms with Gasteiger partial charge >= 0.3 is 0 Å². The molecule has 0 spiro atoms. The van der Waals surface area contributed by atoms with Crippen molar-refractivity contribution in [3.63, 3.8) is 0 Å². The Kier molecular flexibility index (Phi) is 14.6. The normalized spacial score (nSPS) is 17.7. The standard InChI is InChI=1S/C4H9BN.3C4H5BN/c4*1-2-4-6-5-3-1/h6H,1-4H2;3*1-4,6H. The van der Waals surface area contributed by atoms with E-state index in [4.69, 9.17) is 0 Å². The molecule has 0 unspecified atom stereocenters. The highest BCUT2D eigenvalue weighted by Gasteiger charge is 1.96. The first kappa shape index (κ1) is 20.1. The van der Waals surface area contributed by atoms with Crippen molar-refractivity contribution in [2.24, 2.45) is 0 Å². The molecule has 1 saturated heterocycles. The van der Waals surface area contributed by atoms with Crippen LogP contribution in [0.1, 0.15) is 12.8 Å². The number of hydrogen-bond acceptors (Lipinski definition) is 4. The lowest BCUT2D eigenvalue weighted by Crippen LogP contribution is -2.24. The monoisotopic (exact) mass is 316 g/mol. The minimum Gasteiger partial charge on any atom is -0.434 e. The van der Waals surface area contributed by atoms with E-state index in [0.717, 1.165) is 0 Å². The summed E-state index contributed by atoms with van der Waals surface area (Å²) < 4.78 is 0. The molecule has 0 aromatic carbocycles. The van der Waals surface area contributed by atoms with Gasteiger partial charge in [0, 0.05) is 0 Å². The highest BCUT2D eigenvalue weighted by molar-refractivity contribution is 6.40. The minimum atomic E-state index is 1.19. The van der Waals surface area contributed by atoms with Crippen LogP contribution in [0.25, 0.3) is 0 Å². The summed E-state index contributed by atoms with van der Waals surface area (Å²) in [6, 6.07) is 0. The predicted octanol–water partition coefficient (Wildman–Crippen LogP) is 1.12. The third-order valence-electron chi connectivity index (χ3n) is 2.89. The Morgan fingerprint density at radius 3 is 1.17 bits per heavy atom. The Hall–Kier alpha value is -1.94. The fourth-order valence-electron chi connectivity index (χ4n) is 1.70. The Morgan fingerprint density at radius 2 is 1.08 bits per heavy atom. The van der Waals surface area contributed by atoms with Crippen LogP contribution in [0, 0.1) is 0 Å². The van der Waals surface area contributed by atoms with E-state index in [1.807, 2.05) is 95.2 Å². The van der Waals surface area contributed by atoms with Crippen LogP contribution in [0.15, 0.2) is 73.0 Å². The quantitative estimate of drug-likeness (QED) is 0.506. The van der Waals surface area contributed by atoms with Gasteiger partial charge in [0.05, 0.1) is 0 Å². The molecule has 4 nitrogen and oxygen atoms in total. The third kappa shape index (κ3) is 15.0. The molecule has 120 valence electrons. The van der Waals surface area contributed by atoms with Crippen molar-refractivity contribution in [1.29, 1.82) is 0 Å². The number of hydrogen-bond donors (Lipinski definition) is 4. The van der Waals surface area contributed by atoms with Gasteiger partial charge in [-0.1, -0.05) is 48.9 Å². The van der Waals surface area contributed by atoms with Crippen molar-refractivity contribution >= 4 is 29.7 Å². The van der Waals surface area contributed by atoms with E-state index in [0.29, 0.717) is 0 Å². The van der Waals surface area contributed by atoms with Crippen LogP contribution < -0.4 is 20.9 Å². The molecule has 0 aromatic heterocycles. The van der Waals surface area contributed by atoms with Crippen molar-refractivity contribution in [3.8, 4) is 0 Å². The van der Waals surface area contributed by atoms with Gasteiger partial charge in [-0.3, -0.25) is 0 Å². The van der Waals surface area contributed by atoms with Crippen molar-refractivity contribution < 1.29 is 0 Å². The second kappa shape index (κ2) is 17.4. The Bertz CT molecular complexity index is 350. The van der Waals surface area contributed by atoms with Crippen molar-refractivity contribution in [2.45, 2.75) is 19.2 Å². The van der Waals surface area contributed by atoms with Gasteiger partial charge in [0.2, 0.25) is 7.41 Å². The lowest BCUT2D eigenvalue weighted by molar-refractivity contribution is 0.722. The second-order valence-corrected chi connectivity index (χ2v) is 4.89. The van der Waals surface area contributed by atoms with Crippen LogP contribution in [0.5, 0.6) is 0 Å². The summed E-state index contributed by atoms with van der Waals surface area (Å²) in [6.07, 6.45) is 21.4. The van der Waals surface area contributed by atoms with Gasteiger partial charge < -0.3 is 20.9 Å². The Balaban J connectivity index is 0.000000160. The van der Waals surface area contributed by atoms with Crippen molar-refractivity contribution in [3.05, 3.63) is 73.0 Å². The van der Waals surface area contributed by atoms with Crippen LogP contribution in [-0.4, -0.2) is 36.2 Å². The lowest BCUT2D eigenvalue weighted by atomic mass is 9.83. The first-order chi connectivity index (χ1) is 12.0. The average Bonchev–Trinajstić information content (AvgIpc) is 2.75. The summed E-state index contributed by atoms with van der Waals surface area (Å²) in [5, 5.41) is 11.8. The van der Waals surface area contributed by atoms with Crippen molar-refractivity contribution in [2.75, 3.05) is 6.54 Å².